The van der Waals surface area contributed by atoms with Crippen LogP contribution in [0.3, 0.4) is 0 Å². The highest BCUT2D eigenvalue weighted by Crippen LogP contribution is 2.53. The lowest BCUT2D eigenvalue weighted by Crippen LogP contribution is -2.56. The van der Waals surface area contributed by atoms with Crippen molar-refractivity contribution in [3.63, 3.8) is 0 Å². The molecule has 0 bridgehead atoms. The van der Waals surface area contributed by atoms with Crippen LogP contribution in [0.1, 0.15) is 70.5 Å². The van der Waals surface area contributed by atoms with Crippen molar-refractivity contribution in [1.82, 2.24) is 20.0 Å². The number of hydrogen-bond acceptors (Lipinski definition) is 5. The van der Waals surface area contributed by atoms with E-state index in [0.29, 0.717) is 23.0 Å². The van der Waals surface area contributed by atoms with Crippen LogP contribution in [0.4, 0.5) is 19.0 Å². The number of rotatable bonds is 7. The number of carbonyl (C=O) groups excluding carboxylic acids is 3. The van der Waals surface area contributed by atoms with E-state index in [0.717, 1.165) is 37.8 Å². The first-order valence-corrected chi connectivity index (χ1v) is 15.3. The first-order chi connectivity index (χ1) is 21.6. The maximum atomic E-state index is 14.5. The van der Waals surface area contributed by atoms with Crippen LogP contribution in [0.5, 0.6) is 0 Å². The fourth-order valence-corrected chi connectivity index (χ4v) is 7.19. The summed E-state index contributed by atoms with van der Waals surface area (Å²) in [5.41, 5.74) is 0.358. The number of aromatic nitrogens is 2. The van der Waals surface area contributed by atoms with Crippen molar-refractivity contribution in [1.29, 1.82) is 0 Å². The zero-order valence-corrected chi connectivity index (χ0v) is 24.9. The molecule has 3 amide bonds. The smallest absolute Gasteiger partial charge is 0.340 e. The van der Waals surface area contributed by atoms with Crippen molar-refractivity contribution < 1.29 is 27.6 Å². The van der Waals surface area contributed by atoms with Gasteiger partial charge in [0.05, 0.1) is 17.3 Å². The van der Waals surface area contributed by atoms with E-state index in [1.807, 2.05) is 35.2 Å². The highest BCUT2D eigenvalue weighted by Gasteiger charge is 2.56. The Morgan fingerprint density at radius 1 is 1.07 bits per heavy atom. The second-order valence-electron chi connectivity index (χ2n) is 12.3. The highest BCUT2D eigenvalue weighted by atomic mass is 19.4. The summed E-state index contributed by atoms with van der Waals surface area (Å²) in [5.74, 6) is -1.11. The Labute approximate surface area is 258 Å². The highest BCUT2D eigenvalue weighted by molar-refractivity contribution is 6.07. The minimum atomic E-state index is -4.63. The van der Waals surface area contributed by atoms with Crippen LogP contribution in [0.2, 0.25) is 0 Å². The van der Waals surface area contributed by atoms with Crippen molar-refractivity contribution in [2.75, 3.05) is 18.5 Å². The Morgan fingerprint density at radius 2 is 1.82 bits per heavy atom. The molecule has 234 valence electrons. The number of halogens is 3. The van der Waals surface area contributed by atoms with Gasteiger partial charge in [-0.25, -0.2) is 4.68 Å². The van der Waals surface area contributed by atoms with Gasteiger partial charge >= 0.3 is 6.18 Å². The van der Waals surface area contributed by atoms with Crippen LogP contribution >= 0.6 is 0 Å². The molecule has 1 N–H and O–H groups in total. The van der Waals surface area contributed by atoms with Gasteiger partial charge in [-0.3, -0.25) is 24.3 Å². The van der Waals surface area contributed by atoms with Crippen LogP contribution in [-0.4, -0.2) is 70.3 Å². The van der Waals surface area contributed by atoms with Crippen molar-refractivity contribution in [3.8, 4) is 5.69 Å². The lowest BCUT2D eigenvalue weighted by Gasteiger charge is -2.38. The molecule has 2 aliphatic carbocycles. The fraction of sp³-hybridized carbons (Fsp3) is 0.424. The van der Waals surface area contributed by atoms with E-state index in [1.54, 1.807) is 24.9 Å². The van der Waals surface area contributed by atoms with Crippen molar-refractivity contribution in [3.05, 3.63) is 77.0 Å². The summed E-state index contributed by atoms with van der Waals surface area (Å²) in [6, 6.07) is 12.3. The molecule has 5 atom stereocenters. The third-order valence-electron chi connectivity index (χ3n) is 9.46. The van der Waals surface area contributed by atoms with Gasteiger partial charge in [0.15, 0.2) is 5.69 Å². The van der Waals surface area contributed by atoms with Crippen LogP contribution < -0.4 is 10.2 Å². The Balaban J connectivity index is 1.35. The summed E-state index contributed by atoms with van der Waals surface area (Å²) in [7, 11) is 1.68. The van der Waals surface area contributed by atoms with Crippen molar-refractivity contribution in [2.24, 2.45) is 16.8 Å². The van der Waals surface area contributed by atoms with E-state index in [4.69, 9.17) is 5.10 Å². The molecule has 7 rings (SSSR count). The Hall–Kier alpha value is -4.48. The van der Waals surface area contributed by atoms with Crippen molar-refractivity contribution >= 4 is 29.8 Å². The van der Waals surface area contributed by atoms with Crippen LogP contribution in [0.25, 0.3) is 5.69 Å². The van der Waals surface area contributed by atoms with Gasteiger partial charge in [0.25, 0.3) is 17.7 Å². The number of benzene rings is 2. The number of carbonyl (C=O) groups is 3. The lowest BCUT2D eigenvalue weighted by molar-refractivity contribution is -0.137. The molecule has 2 saturated carbocycles. The number of amides is 3. The van der Waals surface area contributed by atoms with Gasteiger partial charge in [0, 0.05) is 42.9 Å². The summed E-state index contributed by atoms with van der Waals surface area (Å²) in [5, 5.41) is 7.70. The molecule has 1 saturated heterocycles. The molecule has 4 aliphatic rings. The van der Waals surface area contributed by atoms with E-state index in [1.165, 1.54) is 17.0 Å². The Morgan fingerprint density at radius 3 is 2.49 bits per heavy atom. The number of likely N-dealkylation sites (N-methyl/N-ethyl adjacent to an activating group) is 1. The molecule has 2 aromatic carbocycles. The van der Waals surface area contributed by atoms with Gasteiger partial charge in [-0.1, -0.05) is 24.3 Å². The lowest BCUT2D eigenvalue weighted by atomic mass is 9.82. The largest absolute Gasteiger partial charge is 0.416 e. The molecular formula is C33H33F3N6O3. The summed E-state index contributed by atoms with van der Waals surface area (Å²) < 4.78 is 42.0. The average molecular weight is 619 g/mol. The molecule has 45 heavy (non-hydrogen) atoms. The van der Waals surface area contributed by atoms with E-state index >= 15 is 0 Å². The Kier molecular flexibility index (Phi) is 7.05. The standard InChI is InChI=1S/C33H33F3N6O3/c1-3-40-30-26(25(18-12-13-18)27(31(40)44)38-29(43)19-8-7-9-21(14-19)33(34,35)36)28(39-42(30)22-10-5-4-6-11-22)32(45)41-23(17-37-2)15-20-16-24(20)41/h4-11,14,17-18,20,23-25,27H,3,12-13,15-16H2,1-2H3,(H,38,43)/t20-,23-,24+,25-,27-/m0/s1. The minimum Gasteiger partial charge on any atom is -0.340 e. The molecule has 1 aromatic heterocycles. The monoisotopic (exact) mass is 618 g/mol. The number of alkyl halides is 3. The molecule has 0 unspecified atom stereocenters. The molecule has 9 nitrogen and oxygen atoms in total. The molecule has 3 aromatic rings. The number of hydrogen-bond donors (Lipinski definition) is 1. The van der Waals surface area contributed by atoms with Gasteiger partial charge < -0.3 is 10.2 Å². The number of piperidine rings is 1. The molecule has 0 spiro atoms. The zero-order chi connectivity index (χ0) is 31.6. The van der Waals surface area contributed by atoms with Gasteiger partial charge in [-0.05, 0) is 74.8 Å². The third kappa shape index (κ3) is 5.00. The third-order valence-corrected chi connectivity index (χ3v) is 9.46. The Bertz CT molecular complexity index is 1700. The van der Waals surface area contributed by atoms with Crippen LogP contribution in [-0.2, 0) is 11.0 Å². The topological polar surface area (TPSA) is 99.9 Å². The number of anilines is 1. The number of nitrogens with one attached hydrogen (secondary N) is 1. The van der Waals surface area contributed by atoms with Crippen LogP contribution in [0, 0.1) is 11.8 Å². The number of para-hydroxylation sites is 1. The molecule has 0 radical (unpaired) electrons. The van der Waals surface area contributed by atoms with Crippen LogP contribution in [0.15, 0.2) is 59.6 Å². The van der Waals surface area contributed by atoms with Gasteiger partial charge in [-0.2, -0.15) is 18.3 Å². The van der Waals surface area contributed by atoms with E-state index in [2.05, 4.69) is 10.3 Å². The van der Waals surface area contributed by atoms with Gasteiger partial charge in [0.2, 0.25) is 0 Å². The minimum absolute atomic E-state index is 0.0151. The number of fused-ring (bicyclic) bond motifs is 2. The molecule has 3 heterocycles. The van der Waals surface area contributed by atoms with Gasteiger partial charge in [0.1, 0.15) is 11.9 Å². The summed E-state index contributed by atoms with van der Waals surface area (Å²) >= 11 is 0. The van der Waals surface area contributed by atoms with E-state index in [9.17, 15) is 27.6 Å². The first-order valence-electron chi connectivity index (χ1n) is 15.3. The fourth-order valence-electron chi connectivity index (χ4n) is 7.19. The molecule has 2 aliphatic heterocycles. The zero-order valence-electron chi connectivity index (χ0n) is 24.9. The molecule has 12 heteroatoms. The SMILES string of the molecule is CCN1C(=O)[C@@H](NC(=O)c2cccc(C(F)(F)F)c2)[C@@H](C2CC2)c2c(C(=O)N3[C@H](C=NC)C[C@H]4C[C@H]43)nn(-c3ccccc3)c21. The maximum Gasteiger partial charge on any atom is 0.416 e. The van der Waals surface area contributed by atoms with E-state index < -0.39 is 35.5 Å². The number of likely N-dealkylation sites (tertiary alicyclic amines) is 1. The number of aliphatic imine (C=N–C) groups is 1. The summed E-state index contributed by atoms with van der Waals surface area (Å²) in [4.78, 5) is 49.9. The molecule has 3 fully saturated rings. The summed E-state index contributed by atoms with van der Waals surface area (Å²) in [6.07, 6.45) is 0.480. The predicted octanol–water partition coefficient (Wildman–Crippen LogP) is 4.85. The maximum absolute atomic E-state index is 14.5. The van der Waals surface area contributed by atoms with Crippen molar-refractivity contribution in [2.45, 2.75) is 62.8 Å². The van der Waals surface area contributed by atoms with E-state index in [-0.39, 0.29) is 41.7 Å². The van der Waals surface area contributed by atoms with Gasteiger partial charge in [-0.15, -0.1) is 0 Å². The second kappa shape index (κ2) is 10.8. The second-order valence-corrected chi connectivity index (χ2v) is 12.3. The quantitative estimate of drug-likeness (QED) is 0.383. The average Bonchev–Trinajstić information content (AvgIpc) is 3.95. The molecular weight excluding hydrogens is 585 g/mol. The normalized spacial score (nSPS) is 25.8. The first kappa shape index (κ1) is 29.2. The number of nitrogens with zero attached hydrogens (tertiary/aromatic N) is 5. The summed E-state index contributed by atoms with van der Waals surface area (Å²) in [6.45, 7) is 2.03. The predicted molar refractivity (Wildman–Crippen MR) is 161 cm³/mol.